The largest absolute Gasteiger partial charge is 0.241 e. The van der Waals surface area contributed by atoms with Gasteiger partial charge in [0.1, 0.15) is 11.0 Å². The quantitative estimate of drug-likeness (QED) is 0.589. The van der Waals surface area contributed by atoms with E-state index in [1.54, 1.807) is 0 Å². The summed E-state index contributed by atoms with van der Waals surface area (Å²) in [7, 11) is 0. The van der Waals surface area contributed by atoms with Crippen molar-refractivity contribution in [2.45, 2.75) is 18.6 Å². The van der Waals surface area contributed by atoms with Gasteiger partial charge in [-0.25, -0.2) is 9.97 Å². The van der Waals surface area contributed by atoms with Crippen molar-refractivity contribution in [3.63, 3.8) is 0 Å². The number of rotatable bonds is 1. The van der Waals surface area contributed by atoms with E-state index in [-0.39, 0.29) is 5.15 Å². The van der Waals surface area contributed by atoms with E-state index in [1.807, 2.05) is 0 Å². The first-order valence-corrected chi connectivity index (χ1v) is 2.96. The Morgan fingerprint density at radius 3 is 3.30 bits per heavy atom. The second kappa shape index (κ2) is 2.20. The van der Waals surface area contributed by atoms with E-state index in [0.29, 0.717) is 0 Å². The molecule has 0 spiro atoms. The van der Waals surface area contributed by atoms with Crippen LogP contribution in [-0.2, 0) is 0 Å². The minimum atomic E-state index is -2.45. The lowest BCUT2D eigenvalue weighted by atomic mass is 10.4. The first-order chi connectivity index (χ1) is 7.57. The van der Waals surface area contributed by atoms with E-state index in [9.17, 15) is 0 Å². The van der Waals surface area contributed by atoms with Gasteiger partial charge in [0, 0.05) is 18.9 Å². The van der Waals surface area contributed by atoms with Gasteiger partial charge >= 0.3 is 0 Å². The van der Waals surface area contributed by atoms with E-state index < -0.39 is 36.7 Å². The molecule has 1 aliphatic rings. The van der Waals surface area contributed by atoms with Crippen LogP contribution in [0, 0.1) is 0 Å². The summed E-state index contributed by atoms with van der Waals surface area (Å²) in [5, 5.41) is -0.384. The molecule has 0 atom stereocenters. The first-order valence-electron chi connectivity index (χ1n) is 6.08. The summed E-state index contributed by atoms with van der Waals surface area (Å²) in [4.78, 5) is 7.01. The van der Waals surface area contributed by atoms with Crippen molar-refractivity contribution in [2.75, 3.05) is 0 Å². The molecule has 0 radical (unpaired) electrons. The minimum absolute atomic E-state index is 0.384. The third-order valence-corrected chi connectivity index (χ3v) is 1.18. The topological polar surface area (TPSA) is 25.8 Å². The van der Waals surface area contributed by atoms with E-state index in [2.05, 4.69) is 9.97 Å². The van der Waals surface area contributed by atoms with E-state index >= 15 is 0 Å². The normalized spacial score (nSPS) is 40.7. The molecule has 1 heterocycles. The standard InChI is InChI=1S/C7H7ClN2/c8-6-3-4-9-7(10-6)5-1-2-5/h3-5H,1-2H2/i1D2,2D2,3D,4D,5D. The molecular weight excluding hydrogens is 148 g/mol. The van der Waals surface area contributed by atoms with Crippen molar-refractivity contribution in [1.82, 2.24) is 9.97 Å². The molecule has 0 saturated heterocycles. The SMILES string of the molecule is [2H]c1nc(C2([2H])C([2H])([2H])C2([2H])[2H])nc(Cl)c1[2H]. The van der Waals surface area contributed by atoms with Crippen LogP contribution in [0.2, 0.25) is 5.15 Å². The summed E-state index contributed by atoms with van der Waals surface area (Å²) in [6, 6.07) is -0.430. The molecule has 0 amide bonds. The van der Waals surface area contributed by atoms with Crippen LogP contribution in [-0.4, -0.2) is 9.97 Å². The Kier molecular flexibility index (Phi) is 0.479. The molecule has 3 heteroatoms. The van der Waals surface area contributed by atoms with Gasteiger partial charge in [-0.2, -0.15) is 0 Å². The molecule has 1 fully saturated rings. The van der Waals surface area contributed by atoms with Crippen LogP contribution in [0.3, 0.4) is 0 Å². The Bertz CT molecular complexity index is 466. The van der Waals surface area contributed by atoms with Crippen LogP contribution in [0.25, 0.3) is 0 Å². The zero-order chi connectivity index (χ0) is 13.2. The third-order valence-electron chi connectivity index (χ3n) is 0.999. The van der Waals surface area contributed by atoms with Gasteiger partial charge in [-0.1, -0.05) is 11.6 Å². The van der Waals surface area contributed by atoms with Crippen molar-refractivity contribution in [3.05, 3.63) is 23.2 Å². The number of hydrogen-bond acceptors (Lipinski definition) is 2. The summed E-state index contributed by atoms with van der Waals surface area (Å²) >= 11 is 5.55. The fourth-order valence-electron chi connectivity index (χ4n) is 0.528. The molecular formula is C7H7ClN2. The fourth-order valence-corrected chi connectivity index (χ4v) is 0.650. The Morgan fingerprint density at radius 1 is 1.90 bits per heavy atom. The number of aromatic nitrogens is 2. The van der Waals surface area contributed by atoms with Crippen molar-refractivity contribution in [2.24, 2.45) is 0 Å². The smallest absolute Gasteiger partial charge is 0.133 e. The van der Waals surface area contributed by atoms with Crippen molar-refractivity contribution in [3.8, 4) is 0 Å². The Labute approximate surface area is 74.1 Å². The van der Waals surface area contributed by atoms with Crippen molar-refractivity contribution in [1.29, 1.82) is 0 Å². The maximum atomic E-state index is 7.78. The van der Waals surface area contributed by atoms with Gasteiger partial charge in [-0.15, -0.1) is 0 Å². The average Bonchev–Trinajstić information content (AvgIpc) is 2.53. The molecule has 2 nitrogen and oxygen atoms in total. The molecule has 1 aromatic rings. The number of hydrogen-bond donors (Lipinski definition) is 0. The molecule has 0 bridgehead atoms. The monoisotopic (exact) mass is 161 g/mol. The lowest BCUT2D eigenvalue weighted by molar-refractivity contribution is 0.927. The summed E-state index contributed by atoms with van der Waals surface area (Å²) < 4.78 is 52.0. The molecule has 10 heavy (non-hydrogen) atoms. The second-order valence-electron chi connectivity index (χ2n) is 1.70. The van der Waals surface area contributed by atoms with Crippen molar-refractivity contribution < 1.29 is 9.60 Å². The van der Waals surface area contributed by atoms with E-state index in [4.69, 9.17) is 21.2 Å². The van der Waals surface area contributed by atoms with E-state index in [0.717, 1.165) is 0 Å². The molecule has 0 N–H and O–H groups in total. The lowest BCUT2D eigenvalue weighted by Crippen LogP contribution is -1.89. The van der Waals surface area contributed by atoms with Gasteiger partial charge in [0.05, 0.1) is 2.74 Å². The summed E-state index contributed by atoms with van der Waals surface area (Å²) in [5.41, 5.74) is 0. The first kappa shape index (κ1) is 2.18. The highest BCUT2D eigenvalue weighted by Gasteiger charge is 2.26. The third kappa shape index (κ3) is 1.12. The molecule has 52 valence electrons. The zero-order valence-electron chi connectivity index (χ0n) is 11.8. The lowest BCUT2D eigenvalue weighted by Gasteiger charge is -1.93. The highest BCUT2D eigenvalue weighted by molar-refractivity contribution is 6.29. The van der Waals surface area contributed by atoms with Crippen LogP contribution in [0.15, 0.2) is 12.2 Å². The summed E-state index contributed by atoms with van der Waals surface area (Å²) in [6.07, 6.45) is -5.44. The molecule has 1 aliphatic carbocycles. The van der Waals surface area contributed by atoms with Crippen LogP contribution in [0.4, 0.5) is 0 Å². The van der Waals surface area contributed by atoms with Crippen molar-refractivity contribution >= 4 is 11.6 Å². The van der Waals surface area contributed by atoms with Crippen LogP contribution in [0.1, 0.15) is 34.1 Å². The Morgan fingerprint density at radius 2 is 2.70 bits per heavy atom. The molecule has 0 aliphatic heterocycles. The van der Waals surface area contributed by atoms with Gasteiger partial charge in [-0.3, -0.25) is 0 Å². The number of nitrogens with zero attached hydrogens (tertiary/aromatic N) is 2. The second-order valence-corrected chi connectivity index (χ2v) is 2.06. The predicted octanol–water partition coefficient (Wildman–Crippen LogP) is 2.01. The Balaban J connectivity index is 2.59. The average molecular weight is 162 g/mol. The fraction of sp³-hybridized carbons (Fsp3) is 0.429. The van der Waals surface area contributed by atoms with Gasteiger partial charge < -0.3 is 0 Å². The maximum Gasteiger partial charge on any atom is 0.133 e. The van der Waals surface area contributed by atoms with E-state index in [1.165, 1.54) is 0 Å². The maximum absolute atomic E-state index is 7.78. The molecule has 0 unspecified atom stereocenters. The van der Waals surface area contributed by atoms with Gasteiger partial charge in [-0.05, 0) is 18.8 Å². The summed E-state index contributed by atoms with van der Waals surface area (Å²) in [5.74, 6) is -2.79. The van der Waals surface area contributed by atoms with Gasteiger partial charge in [0.15, 0.2) is 0 Å². The van der Waals surface area contributed by atoms with Crippen LogP contribution < -0.4 is 0 Å². The Hall–Kier alpha value is -0.630. The van der Waals surface area contributed by atoms with Crippen LogP contribution >= 0.6 is 11.6 Å². The predicted molar refractivity (Wildman–Crippen MR) is 39.0 cm³/mol. The molecule has 2 rings (SSSR count). The van der Waals surface area contributed by atoms with Gasteiger partial charge in [0.25, 0.3) is 0 Å². The number of halogens is 1. The zero-order valence-corrected chi connectivity index (χ0v) is 5.53. The molecule has 1 saturated carbocycles. The molecule has 1 aromatic heterocycles. The minimum Gasteiger partial charge on any atom is -0.241 e. The van der Waals surface area contributed by atoms with Crippen LogP contribution in [0.5, 0.6) is 0 Å². The highest BCUT2D eigenvalue weighted by Crippen LogP contribution is 2.37. The highest BCUT2D eigenvalue weighted by atomic mass is 35.5. The summed E-state index contributed by atoms with van der Waals surface area (Å²) in [6.45, 7) is 0. The molecule has 0 aromatic carbocycles. The van der Waals surface area contributed by atoms with Gasteiger partial charge in [0.2, 0.25) is 0 Å².